The summed E-state index contributed by atoms with van der Waals surface area (Å²) in [5, 5.41) is 10.6. The molecule has 3 rings (SSSR count). The van der Waals surface area contributed by atoms with E-state index in [2.05, 4.69) is 4.74 Å². The molecule has 0 fully saturated rings. The van der Waals surface area contributed by atoms with Crippen molar-refractivity contribution in [1.29, 1.82) is 0 Å². The molecule has 0 saturated heterocycles. The third kappa shape index (κ3) is 4.76. The van der Waals surface area contributed by atoms with E-state index in [1.807, 2.05) is 0 Å². The summed E-state index contributed by atoms with van der Waals surface area (Å²) in [7, 11) is 0. The van der Waals surface area contributed by atoms with E-state index in [-0.39, 0.29) is 0 Å². The lowest BCUT2D eigenvalue weighted by atomic mass is 10.1. The van der Waals surface area contributed by atoms with Crippen molar-refractivity contribution in [2.75, 3.05) is 0 Å². The number of rotatable bonds is 5. The van der Waals surface area contributed by atoms with E-state index in [1.54, 1.807) is 0 Å². The lowest BCUT2D eigenvalue weighted by Gasteiger charge is -2.16. The topological polar surface area (TPSA) is 52.4 Å². The minimum absolute atomic E-state index is 1.13. The molecule has 210 valence electrons. The molecule has 39 heavy (non-hydrogen) atoms. The van der Waals surface area contributed by atoms with Gasteiger partial charge in [-0.2, -0.15) is 39.5 Å². The van der Waals surface area contributed by atoms with E-state index >= 15 is 0 Å². The van der Waals surface area contributed by atoms with Gasteiger partial charge in [0.15, 0.2) is 34.9 Å². The maximum atomic E-state index is 14.4. The first kappa shape index (κ1) is 29.7. The zero-order valence-electron chi connectivity index (χ0n) is 17.2. The number of nitro benzene ring substituents is 1. The second kappa shape index (κ2) is 10.0. The number of benzene rings is 3. The second-order valence-electron chi connectivity index (χ2n) is 6.77. The van der Waals surface area contributed by atoms with Crippen LogP contribution >= 0.6 is 11.8 Å². The number of hydrogen-bond acceptors (Lipinski definition) is 4. The van der Waals surface area contributed by atoms with Crippen LogP contribution in [0.1, 0.15) is 5.56 Å². The van der Waals surface area contributed by atoms with Gasteiger partial charge >= 0.3 is 11.9 Å². The lowest BCUT2D eigenvalue weighted by molar-refractivity contribution is -0.390. The van der Waals surface area contributed by atoms with Gasteiger partial charge in [-0.25, -0.2) is 26.3 Å². The Balaban J connectivity index is 2.19. The zero-order valence-corrected chi connectivity index (χ0v) is 18.1. The summed E-state index contributed by atoms with van der Waals surface area (Å²) in [4.78, 5) is 4.32. The third-order valence-corrected chi connectivity index (χ3v) is 5.61. The van der Waals surface area contributed by atoms with Crippen molar-refractivity contribution in [2.24, 2.45) is 0 Å². The molecule has 3 aromatic rings. The van der Waals surface area contributed by atoms with Crippen LogP contribution in [-0.2, 0) is 6.18 Å². The molecule has 0 aliphatic carbocycles. The molecule has 0 bridgehead atoms. The van der Waals surface area contributed by atoms with Crippen LogP contribution in [-0.4, -0.2) is 4.92 Å². The van der Waals surface area contributed by atoms with Gasteiger partial charge in [0, 0.05) is 0 Å². The number of hydrogen-bond donors (Lipinski definition) is 0. The Kier molecular flexibility index (Phi) is 7.65. The summed E-state index contributed by atoms with van der Waals surface area (Å²) in [6.07, 6.45) is -6.05. The molecule has 0 aliphatic rings. The van der Waals surface area contributed by atoms with Crippen molar-refractivity contribution in [2.45, 2.75) is 16.0 Å². The normalized spacial score (nSPS) is 11.8. The van der Waals surface area contributed by atoms with Crippen LogP contribution in [0, 0.1) is 79.9 Å². The summed E-state index contributed by atoms with van der Waals surface area (Å²) < 4.78 is 210. The Hall–Kier alpha value is -3.84. The fourth-order valence-electron chi connectivity index (χ4n) is 2.77. The Labute approximate surface area is 206 Å². The Morgan fingerprint density at radius 3 is 1.15 bits per heavy atom. The molecule has 4 nitrogen and oxygen atoms in total. The Morgan fingerprint density at radius 2 is 0.846 bits per heavy atom. The van der Waals surface area contributed by atoms with Crippen molar-refractivity contribution in [3.8, 4) is 11.5 Å². The van der Waals surface area contributed by atoms with Gasteiger partial charge in [-0.15, -0.1) is 0 Å². The van der Waals surface area contributed by atoms with Crippen molar-refractivity contribution in [3.63, 3.8) is 0 Å². The van der Waals surface area contributed by atoms with Gasteiger partial charge in [0.25, 0.3) is 0 Å². The summed E-state index contributed by atoms with van der Waals surface area (Å²) in [5.74, 6) is -39.9. The number of alkyl halides is 3. The largest absolute Gasteiger partial charge is 0.444 e. The number of halogens is 15. The summed E-state index contributed by atoms with van der Waals surface area (Å²) >= 11 is -1.13. The van der Waals surface area contributed by atoms with E-state index in [0.717, 1.165) is 0 Å². The molecule has 0 N–H and O–H groups in total. The molecule has 0 atom stereocenters. The van der Waals surface area contributed by atoms with Crippen LogP contribution in [0.15, 0.2) is 9.79 Å². The first-order valence-corrected chi connectivity index (χ1v) is 9.81. The van der Waals surface area contributed by atoms with Crippen LogP contribution in [0.5, 0.6) is 11.5 Å². The number of nitrogens with zero attached hydrogens (tertiary/aromatic N) is 1. The monoisotopic (exact) mass is 607 g/mol. The standard InChI is InChI=1S/C19F15NO3S/c20-2-1(19(32,33)34)3(21)7(25)15(6(2)24)38-16-8(26)12(30)18(13(31)9(16)27)39-17-10(28)4(22)14(35(36)37)5(23)11(17)29. The van der Waals surface area contributed by atoms with Crippen LogP contribution in [0.4, 0.5) is 71.5 Å². The predicted octanol–water partition coefficient (Wildman–Crippen LogP) is 8.23. The number of nitro groups is 1. The highest BCUT2D eigenvalue weighted by atomic mass is 32.2. The molecular formula is C19F15NO3S. The Morgan fingerprint density at radius 1 is 0.538 bits per heavy atom. The highest BCUT2D eigenvalue weighted by molar-refractivity contribution is 7.99. The fourth-order valence-corrected chi connectivity index (χ4v) is 3.70. The van der Waals surface area contributed by atoms with Gasteiger partial charge in [-0.05, 0) is 0 Å². The van der Waals surface area contributed by atoms with Gasteiger partial charge in [0.05, 0.1) is 14.7 Å². The van der Waals surface area contributed by atoms with Gasteiger partial charge in [0.2, 0.25) is 46.4 Å². The lowest BCUT2D eigenvalue weighted by Crippen LogP contribution is -2.16. The van der Waals surface area contributed by atoms with Crippen molar-refractivity contribution < 1.29 is 75.5 Å². The maximum Gasteiger partial charge on any atom is 0.422 e. The van der Waals surface area contributed by atoms with Crippen molar-refractivity contribution in [3.05, 3.63) is 85.5 Å². The van der Waals surface area contributed by atoms with E-state index in [4.69, 9.17) is 0 Å². The summed E-state index contributed by atoms with van der Waals surface area (Å²) in [5.41, 5.74) is -5.54. The second-order valence-corrected chi connectivity index (χ2v) is 7.79. The van der Waals surface area contributed by atoms with Gasteiger partial charge in [-0.1, -0.05) is 11.8 Å². The average Bonchev–Trinajstić information content (AvgIpc) is 2.83. The van der Waals surface area contributed by atoms with Crippen LogP contribution in [0.3, 0.4) is 0 Å². The first-order valence-electron chi connectivity index (χ1n) is 8.99. The van der Waals surface area contributed by atoms with E-state index in [9.17, 15) is 76.0 Å². The maximum absolute atomic E-state index is 14.4. The molecule has 0 saturated carbocycles. The molecule has 20 heteroatoms. The highest BCUT2D eigenvalue weighted by Crippen LogP contribution is 2.45. The van der Waals surface area contributed by atoms with Gasteiger partial charge in [0.1, 0.15) is 5.56 Å². The Bertz CT molecular complexity index is 1470. The fraction of sp³-hybridized carbons (Fsp3) is 0.0526. The molecule has 0 radical (unpaired) electrons. The van der Waals surface area contributed by atoms with E-state index < -0.39 is 125 Å². The molecule has 0 spiro atoms. The number of ether oxygens (including phenoxy) is 1. The van der Waals surface area contributed by atoms with Crippen LogP contribution < -0.4 is 4.74 Å². The van der Waals surface area contributed by atoms with Crippen molar-refractivity contribution >= 4 is 17.4 Å². The van der Waals surface area contributed by atoms with Crippen LogP contribution in [0.2, 0.25) is 0 Å². The first-order chi connectivity index (χ1) is 17.8. The zero-order chi connectivity index (χ0) is 29.9. The molecule has 0 heterocycles. The molecule has 0 aliphatic heterocycles. The van der Waals surface area contributed by atoms with Crippen LogP contribution in [0.25, 0.3) is 0 Å². The molecular weight excluding hydrogens is 607 g/mol. The van der Waals surface area contributed by atoms with E-state index in [0.29, 0.717) is 0 Å². The summed E-state index contributed by atoms with van der Waals surface area (Å²) in [6, 6.07) is 0. The molecule has 3 aromatic carbocycles. The molecule has 0 amide bonds. The van der Waals surface area contributed by atoms with Gasteiger partial charge < -0.3 is 4.74 Å². The molecule has 0 unspecified atom stereocenters. The quantitative estimate of drug-likeness (QED) is 0.127. The average molecular weight is 607 g/mol. The minimum Gasteiger partial charge on any atom is -0.444 e. The van der Waals surface area contributed by atoms with Gasteiger partial charge in [-0.3, -0.25) is 10.1 Å². The van der Waals surface area contributed by atoms with Crippen molar-refractivity contribution in [1.82, 2.24) is 0 Å². The molecule has 0 aromatic heterocycles. The minimum atomic E-state index is -6.05. The highest BCUT2D eigenvalue weighted by Gasteiger charge is 2.43. The summed E-state index contributed by atoms with van der Waals surface area (Å²) in [6.45, 7) is 0. The van der Waals surface area contributed by atoms with E-state index in [1.165, 1.54) is 0 Å². The third-order valence-electron chi connectivity index (χ3n) is 4.48. The smallest absolute Gasteiger partial charge is 0.422 e. The SMILES string of the molecule is O=[N+]([O-])c1c(F)c(F)c(Sc2c(F)c(F)c(Oc3c(F)c(F)c(C(F)(F)F)c(F)c3F)c(F)c2F)c(F)c1F. The predicted molar refractivity (Wildman–Crippen MR) is 94.7 cm³/mol.